The molecule has 1 rings (SSSR count). The molecule has 0 bridgehead atoms. The number of esters is 1. The van der Waals surface area contributed by atoms with Crippen molar-refractivity contribution in [3.63, 3.8) is 0 Å². The number of hydrogen-bond acceptors (Lipinski definition) is 6. The third kappa shape index (κ3) is 8.56. The van der Waals surface area contributed by atoms with Gasteiger partial charge in [-0.15, -0.1) is 11.3 Å². The molecule has 0 saturated carbocycles. The summed E-state index contributed by atoms with van der Waals surface area (Å²) in [4.78, 5) is 23.2. The molecular formula is C16H26N2O4S. The Morgan fingerprint density at radius 2 is 2.00 bits per heavy atom. The minimum atomic E-state index is -0.433. The van der Waals surface area contributed by atoms with E-state index in [1.54, 1.807) is 11.4 Å². The van der Waals surface area contributed by atoms with Gasteiger partial charge in [0.1, 0.15) is 5.60 Å². The molecule has 1 aromatic rings. The van der Waals surface area contributed by atoms with Crippen molar-refractivity contribution < 1.29 is 19.1 Å². The fourth-order valence-corrected chi connectivity index (χ4v) is 2.45. The normalized spacial score (nSPS) is 11.3. The number of nitrogens with one attached hydrogen (secondary N) is 1. The van der Waals surface area contributed by atoms with E-state index in [1.807, 2.05) is 20.8 Å². The van der Waals surface area contributed by atoms with Crippen LogP contribution in [0.4, 0.5) is 5.00 Å². The Morgan fingerprint density at radius 3 is 2.61 bits per heavy atom. The van der Waals surface area contributed by atoms with Gasteiger partial charge in [-0.1, -0.05) is 0 Å². The zero-order valence-corrected chi connectivity index (χ0v) is 14.8. The molecule has 0 aliphatic carbocycles. The van der Waals surface area contributed by atoms with Crippen LogP contribution in [-0.4, -0.2) is 37.2 Å². The summed E-state index contributed by atoms with van der Waals surface area (Å²) < 4.78 is 10.6. The van der Waals surface area contributed by atoms with Crippen molar-refractivity contribution in [3.05, 3.63) is 17.0 Å². The lowest BCUT2D eigenvalue weighted by atomic mass is 10.2. The molecule has 1 aromatic heterocycles. The predicted octanol–water partition coefficient (Wildman–Crippen LogP) is 2.59. The van der Waals surface area contributed by atoms with Gasteiger partial charge < -0.3 is 20.5 Å². The number of ether oxygens (including phenoxy) is 2. The molecule has 1 heterocycles. The lowest BCUT2D eigenvalue weighted by Gasteiger charge is -2.19. The van der Waals surface area contributed by atoms with Crippen LogP contribution < -0.4 is 11.1 Å². The van der Waals surface area contributed by atoms with E-state index in [0.29, 0.717) is 36.7 Å². The van der Waals surface area contributed by atoms with Gasteiger partial charge in [0.2, 0.25) is 0 Å². The number of carbonyl (C=O) groups excluding carboxylic acids is 2. The molecule has 0 aromatic carbocycles. The average molecular weight is 342 g/mol. The van der Waals surface area contributed by atoms with Gasteiger partial charge in [0.25, 0.3) is 5.91 Å². The molecule has 0 atom stereocenters. The number of carbonyl (C=O) groups is 2. The standard InChI is InChI=1S/C16H26N2O4S/c1-16(2,3)22-13(19)6-4-5-9-21-10-8-18-15(20)12-7-11-23-14(12)17/h7,11H,4-6,8-10,17H2,1-3H3,(H,18,20). The zero-order chi connectivity index (χ0) is 17.3. The van der Waals surface area contributed by atoms with Crippen LogP contribution >= 0.6 is 11.3 Å². The Kier molecular flexibility index (Phi) is 8.05. The third-order valence-corrected chi connectivity index (χ3v) is 3.56. The van der Waals surface area contributed by atoms with Crippen LogP contribution in [-0.2, 0) is 14.3 Å². The van der Waals surface area contributed by atoms with Crippen molar-refractivity contribution >= 4 is 28.2 Å². The number of hydrogen-bond donors (Lipinski definition) is 2. The minimum absolute atomic E-state index is 0.182. The summed E-state index contributed by atoms with van der Waals surface area (Å²) in [5, 5.41) is 5.05. The zero-order valence-electron chi connectivity index (χ0n) is 14.0. The maximum absolute atomic E-state index is 11.8. The smallest absolute Gasteiger partial charge is 0.306 e. The number of anilines is 1. The highest BCUT2D eigenvalue weighted by atomic mass is 32.1. The fourth-order valence-electron chi connectivity index (χ4n) is 1.81. The van der Waals surface area contributed by atoms with Crippen LogP contribution in [0.15, 0.2) is 11.4 Å². The van der Waals surface area contributed by atoms with E-state index >= 15 is 0 Å². The van der Waals surface area contributed by atoms with Crippen molar-refractivity contribution in [1.29, 1.82) is 0 Å². The number of rotatable bonds is 9. The van der Waals surface area contributed by atoms with E-state index in [9.17, 15) is 9.59 Å². The van der Waals surface area contributed by atoms with Gasteiger partial charge in [-0.2, -0.15) is 0 Å². The van der Waals surface area contributed by atoms with Crippen LogP contribution in [0.25, 0.3) is 0 Å². The molecule has 0 aliphatic heterocycles. The minimum Gasteiger partial charge on any atom is -0.460 e. The Balaban J connectivity index is 1.99. The van der Waals surface area contributed by atoms with E-state index in [4.69, 9.17) is 15.2 Å². The maximum atomic E-state index is 11.8. The first kappa shape index (κ1) is 19.4. The number of nitrogen functional groups attached to an aromatic ring is 1. The Labute approximate surface area is 141 Å². The molecule has 23 heavy (non-hydrogen) atoms. The van der Waals surface area contributed by atoms with Gasteiger partial charge in [-0.25, -0.2) is 0 Å². The van der Waals surface area contributed by atoms with E-state index in [-0.39, 0.29) is 11.9 Å². The molecule has 3 N–H and O–H groups in total. The second-order valence-electron chi connectivity index (χ2n) is 6.11. The molecule has 0 aliphatic rings. The third-order valence-electron chi connectivity index (χ3n) is 2.81. The fraction of sp³-hybridized carbons (Fsp3) is 0.625. The molecule has 0 unspecified atom stereocenters. The molecule has 0 saturated heterocycles. The topological polar surface area (TPSA) is 90.6 Å². The first-order valence-corrected chi connectivity index (χ1v) is 8.58. The highest BCUT2D eigenvalue weighted by Crippen LogP contribution is 2.18. The summed E-state index contributed by atoms with van der Waals surface area (Å²) in [6, 6.07) is 1.70. The first-order chi connectivity index (χ1) is 10.8. The average Bonchev–Trinajstić information content (AvgIpc) is 2.85. The Morgan fingerprint density at radius 1 is 1.26 bits per heavy atom. The van der Waals surface area contributed by atoms with E-state index in [0.717, 1.165) is 12.8 Å². The monoisotopic (exact) mass is 342 g/mol. The lowest BCUT2D eigenvalue weighted by molar-refractivity contribution is -0.154. The lowest BCUT2D eigenvalue weighted by Crippen LogP contribution is -2.27. The number of thiophene rings is 1. The predicted molar refractivity (Wildman–Crippen MR) is 91.6 cm³/mol. The van der Waals surface area contributed by atoms with Crippen molar-refractivity contribution in [1.82, 2.24) is 5.32 Å². The first-order valence-electron chi connectivity index (χ1n) is 7.70. The number of unbranched alkanes of at least 4 members (excludes halogenated alkanes) is 1. The van der Waals surface area contributed by atoms with Crippen LogP contribution in [0.1, 0.15) is 50.4 Å². The van der Waals surface area contributed by atoms with Crippen molar-refractivity contribution in [2.45, 2.75) is 45.6 Å². The van der Waals surface area contributed by atoms with E-state index in [1.165, 1.54) is 11.3 Å². The quantitative estimate of drug-likeness (QED) is 0.532. The van der Waals surface area contributed by atoms with Gasteiger partial charge in [0, 0.05) is 19.6 Å². The molecule has 6 nitrogen and oxygen atoms in total. The van der Waals surface area contributed by atoms with Gasteiger partial charge >= 0.3 is 5.97 Å². The highest BCUT2D eigenvalue weighted by molar-refractivity contribution is 7.14. The van der Waals surface area contributed by atoms with Crippen LogP contribution in [0.3, 0.4) is 0 Å². The summed E-state index contributed by atoms with van der Waals surface area (Å²) >= 11 is 1.34. The maximum Gasteiger partial charge on any atom is 0.306 e. The van der Waals surface area contributed by atoms with Gasteiger partial charge in [0.05, 0.1) is 17.2 Å². The van der Waals surface area contributed by atoms with Crippen molar-refractivity contribution in [3.8, 4) is 0 Å². The summed E-state index contributed by atoms with van der Waals surface area (Å²) in [7, 11) is 0. The van der Waals surface area contributed by atoms with Gasteiger partial charge in [-0.05, 0) is 45.1 Å². The second-order valence-corrected chi connectivity index (χ2v) is 7.06. The van der Waals surface area contributed by atoms with Crippen molar-refractivity contribution in [2.75, 3.05) is 25.5 Å². The summed E-state index contributed by atoms with van der Waals surface area (Å²) in [5.41, 5.74) is 5.75. The van der Waals surface area contributed by atoms with Crippen molar-refractivity contribution in [2.24, 2.45) is 0 Å². The summed E-state index contributed by atoms with van der Waals surface area (Å²) in [6.45, 7) is 6.98. The van der Waals surface area contributed by atoms with Gasteiger partial charge in [0.15, 0.2) is 0 Å². The van der Waals surface area contributed by atoms with E-state index in [2.05, 4.69) is 5.32 Å². The molecular weight excluding hydrogens is 316 g/mol. The second kappa shape index (κ2) is 9.52. The molecule has 0 fully saturated rings. The Bertz CT molecular complexity index is 508. The van der Waals surface area contributed by atoms with Crippen LogP contribution in [0.5, 0.6) is 0 Å². The molecule has 0 spiro atoms. The highest BCUT2D eigenvalue weighted by Gasteiger charge is 2.15. The molecule has 0 radical (unpaired) electrons. The SMILES string of the molecule is CC(C)(C)OC(=O)CCCCOCCNC(=O)c1ccsc1N. The molecule has 1 amide bonds. The van der Waals surface area contributed by atoms with Gasteiger partial charge in [-0.3, -0.25) is 9.59 Å². The summed E-state index contributed by atoms with van der Waals surface area (Å²) in [6.07, 6.45) is 1.91. The largest absolute Gasteiger partial charge is 0.460 e. The number of nitrogens with two attached hydrogens (primary N) is 1. The number of amides is 1. The van der Waals surface area contributed by atoms with E-state index < -0.39 is 5.60 Å². The molecule has 7 heteroatoms. The Hall–Kier alpha value is -1.60. The van der Waals surface area contributed by atoms with Crippen LogP contribution in [0.2, 0.25) is 0 Å². The van der Waals surface area contributed by atoms with Crippen LogP contribution in [0, 0.1) is 0 Å². The molecule has 130 valence electrons. The summed E-state index contributed by atoms with van der Waals surface area (Å²) in [5.74, 6) is -0.365.